The molecule has 1 aliphatic heterocycles. The SMILES string of the molecule is O=C1C2CC2C(=O)N1c1cccc(CO)c1. The predicted octanol–water partition coefficient (Wildman–Crippen LogP) is 0.688. The second kappa shape index (κ2) is 3.15. The normalized spacial score (nSPS) is 27.2. The Morgan fingerprint density at radius 1 is 1.25 bits per heavy atom. The van der Waals surface area contributed by atoms with Crippen LogP contribution >= 0.6 is 0 Å². The van der Waals surface area contributed by atoms with Crippen LogP contribution in [0.5, 0.6) is 0 Å². The van der Waals surface area contributed by atoms with Crippen molar-refractivity contribution in [3.63, 3.8) is 0 Å². The van der Waals surface area contributed by atoms with Crippen LogP contribution in [0.3, 0.4) is 0 Å². The summed E-state index contributed by atoms with van der Waals surface area (Å²) >= 11 is 0. The van der Waals surface area contributed by atoms with Gasteiger partial charge in [0.05, 0.1) is 24.1 Å². The van der Waals surface area contributed by atoms with Crippen molar-refractivity contribution < 1.29 is 14.7 Å². The summed E-state index contributed by atoms with van der Waals surface area (Å²) in [6, 6.07) is 6.90. The maximum absolute atomic E-state index is 11.8. The van der Waals surface area contributed by atoms with Crippen LogP contribution in [0.2, 0.25) is 0 Å². The summed E-state index contributed by atoms with van der Waals surface area (Å²) in [6.07, 6.45) is 0.716. The van der Waals surface area contributed by atoms with Gasteiger partial charge in [0.1, 0.15) is 0 Å². The average molecular weight is 217 g/mol. The van der Waals surface area contributed by atoms with Crippen LogP contribution in [-0.4, -0.2) is 16.9 Å². The highest BCUT2D eigenvalue weighted by molar-refractivity contribution is 6.24. The van der Waals surface area contributed by atoms with Crippen molar-refractivity contribution >= 4 is 17.5 Å². The summed E-state index contributed by atoms with van der Waals surface area (Å²) in [5.41, 5.74) is 1.28. The Morgan fingerprint density at radius 3 is 2.56 bits per heavy atom. The van der Waals surface area contributed by atoms with E-state index in [1.54, 1.807) is 24.3 Å². The topological polar surface area (TPSA) is 57.6 Å². The fraction of sp³-hybridized carbons (Fsp3) is 0.333. The molecule has 2 unspecified atom stereocenters. The van der Waals surface area contributed by atoms with E-state index in [4.69, 9.17) is 5.11 Å². The van der Waals surface area contributed by atoms with E-state index in [1.807, 2.05) is 0 Å². The van der Waals surface area contributed by atoms with Gasteiger partial charge in [-0.3, -0.25) is 14.5 Å². The third-order valence-electron chi connectivity index (χ3n) is 3.22. The third-order valence-corrected chi connectivity index (χ3v) is 3.22. The Kier molecular flexibility index (Phi) is 1.88. The third kappa shape index (κ3) is 1.20. The van der Waals surface area contributed by atoms with Gasteiger partial charge in [0.15, 0.2) is 0 Å². The summed E-state index contributed by atoms with van der Waals surface area (Å²) < 4.78 is 0. The molecule has 1 heterocycles. The lowest BCUT2D eigenvalue weighted by Crippen LogP contribution is -2.32. The van der Waals surface area contributed by atoms with Crippen molar-refractivity contribution in [1.29, 1.82) is 0 Å². The first kappa shape index (κ1) is 9.54. The fourth-order valence-electron chi connectivity index (χ4n) is 2.23. The first-order valence-electron chi connectivity index (χ1n) is 5.30. The molecule has 4 nitrogen and oxygen atoms in total. The molecular weight excluding hydrogens is 206 g/mol. The number of hydrogen-bond donors (Lipinski definition) is 1. The number of imide groups is 1. The summed E-state index contributed by atoms with van der Waals surface area (Å²) in [5, 5.41) is 9.01. The molecule has 1 saturated carbocycles. The zero-order chi connectivity index (χ0) is 11.3. The Morgan fingerprint density at radius 2 is 1.94 bits per heavy atom. The van der Waals surface area contributed by atoms with Crippen molar-refractivity contribution in [1.82, 2.24) is 0 Å². The largest absolute Gasteiger partial charge is 0.392 e. The number of carbonyl (C=O) groups excluding carboxylic acids is 2. The number of amides is 2. The molecule has 2 atom stereocenters. The molecule has 3 rings (SSSR count). The number of benzene rings is 1. The number of nitrogens with zero attached hydrogens (tertiary/aromatic N) is 1. The lowest BCUT2D eigenvalue weighted by Gasteiger charge is -2.16. The van der Waals surface area contributed by atoms with Crippen molar-refractivity contribution in [2.24, 2.45) is 11.8 Å². The molecule has 0 spiro atoms. The summed E-state index contributed by atoms with van der Waals surface area (Å²) in [4.78, 5) is 24.8. The predicted molar refractivity (Wildman–Crippen MR) is 56.5 cm³/mol. The van der Waals surface area contributed by atoms with Crippen LogP contribution in [-0.2, 0) is 16.2 Å². The van der Waals surface area contributed by atoms with Crippen LogP contribution < -0.4 is 4.90 Å². The molecule has 2 aliphatic rings. The minimum atomic E-state index is -0.0925. The van der Waals surface area contributed by atoms with Crippen LogP contribution in [0, 0.1) is 11.8 Å². The Labute approximate surface area is 92.5 Å². The molecule has 0 aromatic heterocycles. The maximum Gasteiger partial charge on any atom is 0.237 e. The average Bonchev–Trinajstić information content (AvgIpc) is 3.05. The molecule has 2 amide bonds. The molecule has 1 saturated heterocycles. The number of piperidine rings is 1. The van der Waals surface area contributed by atoms with Gasteiger partial charge in [0.25, 0.3) is 0 Å². The molecule has 1 aromatic rings. The molecule has 82 valence electrons. The number of anilines is 1. The van der Waals surface area contributed by atoms with E-state index in [-0.39, 0.29) is 30.3 Å². The van der Waals surface area contributed by atoms with Gasteiger partial charge in [-0.25, -0.2) is 0 Å². The van der Waals surface area contributed by atoms with E-state index in [9.17, 15) is 9.59 Å². The lowest BCUT2D eigenvalue weighted by molar-refractivity contribution is -0.123. The number of aliphatic hydroxyl groups excluding tert-OH is 1. The fourth-order valence-corrected chi connectivity index (χ4v) is 2.23. The van der Waals surface area contributed by atoms with Crippen LogP contribution in [0.25, 0.3) is 0 Å². The summed E-state index contributed by atoms with van der Waals surface area (Å²) in [6.45, 7) is -0.0864. The molecular formula is C12H11NO3. The van der Waals surface area contributed by atoms with E-state index in [2.05, 4.69) is 0 Å². The molecule has 1 N–H and O–H groups in total. The van der Waals surface area contributed by atoms with Gasteiger partial charge in [0, 0.05) is 0 Å². The molecule has 0 bridgehead atoms. The van der Waals surface area contributed by atoms with E-state index in [0.29, 0.717) is 17.7 Å². The number of rotatable bonds is 2. The second-order valence-corrected chi connectivity index (χ2v) is 4.29. The van der Waals surface area contributed by atoms with Gasteiger partial charge in [0.2, 0.25) is 11.8 Å². The van der Waals surface area contributed by atoms with E-state index >= 15 is 0 Å². The first-order valence-corrected chi connectivity index (χ1v) is 5.30. The van der Waals surface area contributed by atoms with Crippen molar-refractivity contribution in [2.75, 3.05) is 4.90 Å². The van der Waals surface area contributed by atoms with E-state index in [0.717, 1.165) is 0 Å². The minimum Gasteiger partial charge on any atom is -0.392 e. The van der Waals surface area contributed by atoms with Crippen LogP contribution in [0.1, 0.15) is 12.0 Å². The highest BCUT2D eigenvalue weighted by Crippen LogP contribution is 2.48. The van der Waals surface area contributed by atoms with Crippen molar-refractivity contribution in [3.05, 3.63) is 29.8 Å². The molecule has 1 aromatic carbocycles. The molecule has 2 fully saturated rings. The molecule has 4 heteroatoms. The summed E-state index contributed by atoms with van der Waals surface area (Å²) in [7, 11) is 0. The number of hydrogen-bond acceptors (Lipinski definition) is 3. The Bertz CT molecular complexity index is 463. The smallest absolute Gasteiger partial charge is 0.237 e. The zero-order valence-electron chi connectivity index (χ0n) is 8.59. The number of fused-ring (bicyclic) bond motifs is 1. The van der Waals surface area contributed by atoms with Gasteiger partial charge < -0.3 is 5.11 Å². The van der Waals surface area contributed by atoms with Gasteiger partial charge in [-0.2, -0.15) is 0 Å². The highest BCUT2D eigenvalue weighted by atomic mass is 16.3. The molecule has 16 heavy (non-hydrogen) atoms. The van der Waals surface area contributed by atoms with Gasteiger partial charge in [-0.1, -0.05) is 12.1 Å². The number of aliphatic hydroxyl groups is 1. The molecule has 1 aliphatic carbocycles. The van der Waals surface area contributed by atoms with Gasteiger partial charge >= 0.3 is 0 Å². The van der Waals surface area contributed by atoms with E-state index in [1.165, 1.54) is 4.90 Å². The minimum absolute atomic E-state index is 0.0784. The Hall–Kier alpha value is -1.68. The van der Waals surface area contributed by atoms with Gasteiger partial charge in [-0.05, 0) is 24.1 Å². The van der Waals surface area contributed by atoms with Gasteiger partial charge in [-0.15, -0.1) is 0 Å². The Balaban J connectivity index is 1.97. The first-order chi connectivity index (χ1) is 7.72. The zero-order valence-corrected chi connectivity index (χ0v) is 8.59. The number of carbonyl (C=O) groups is 2. The standard InChI is InChI=1S/C12H11NO3/c14-6-7-2-1-3-8(4-7)13-11(15)9-5-10(9)12(13)16/h1-4,9-10,14H,5-6H2. The van der Waals surface area contributed by atoms with Crippen molar-refractivity contribution in [3.8, 4) is 0 Å². The van der Waals surface area contributed by atoms with Crippen LogP contribution in [0.4, 0.5) is 5.69 Å². The monoisotopic (exact) mass is 217 g/mol. The highest BCUT2D eigenvalue weighted by Gasteiger charge is 2.59. The summed E-state index contributed by atoms with van der Waals surface area (Å²) in [5.74, 6) is -0.342. The molecule has 0 radical (unpaired) electrons. The lowest BCUT2D eigenvalue weighted by atomic mass is 10.2. The van der Waals surface area contributed by atoms with E-state index < -0.39 is 0 Å². The quantitative estimate of drug-likeness (QED) is 0.741. The van der Waals surface area contributed by atoms with Crippen LogP contribution in [0.15, 0.2) is 24.3 Å². The second-order valence-electron chi connectivity index (χ2n) is 4.29. The maximum atomic E-state index is 11.8. The van der Waals surface area contributed by atoms with Crippen molar-refractivity contribution in [2.45, 2.75) is 13.0 Å².